The van der Waals surface area contributed by atoms with Gasteiger partial charge >= 0.3 is 6.09 Å². The second kappa shape index (κ2) is 11.0. The topological polar surface area (TPSA) is 136 Å². The summed E-state index contributed by atoms with van der Waals surface area (Å²) < 4.78 is 0. The Labute approximate surface area is 177 Å². The predicted molar refractivity (Wildman–Crippen MR) is 113 cm³/mol. The molecule has 0 radical (unpaired) electrons. The molecule has 0 saturated heterocycles. The molecule has 1 heterocycles. The molecule has 9 nitrogen and oxygen atoms in total. The smallest absolute Gasteiger partial charge is 0.405 e. The molecule has 2 unspecified atom stereocenters. The van der Waals surface area contributed by atoms with E-state index in [1.54, 1.807) is 12.5 Å². The molecule has 1 aliphatic carbocycles. The third-order valence-electron chi connectivity index (χ3n) is 5.97. The summed E-state index contributed by atoms with van der Waals surface area (Å²) >= 11 is 0. The van der Waals surface area contributed by atoms with E-state index in [2.05, 4.69) is 46.7 Å². The standard InChI is InChI=1S/C21H35N5O4/c1-12(2)17-6-5-13(3)7-18(17)20(28)23-10-16(8-15-9-22-11-24-15)26-19(27)14(4)25-21(29)30/h9,11-14,16-18,25H,5-8,10H2,1-4H3,(H,22,24)(H,23,28)(H,26,27)(H,29,30)/t13-,14?,16?,17+,18-/m1/s1. The summed E-state index contributed by atoms with van der Waals surface area (Å²) in [5.41, 5.74) is 0.750. The lowest BCUT2D eigenvalue weighted by Gasteiger charge is -2.36. The van der Waals surface area contributed by atoms with Crippen LogP contribution in [0.1, 0.15) is 52.7 Å². The highest BCUT2D eigenvalue weighted by Crippen LogP contribution is 2.38. The molecule has 168 valence electrons. The summed E-state index contributed by atoms with van der Waals surface area (Å²) in [6.07, 6.45) is 5.53. The van der Waals surface area contributed by atoms with Crippen LogP contribution in [0.25, 0.3) is 0 Å². The number of H-pyrrole nitrogens is 1. The molecule has 5 N–H and O–H groups in total. The van der Waals surface area contributed by atoms with E-state index in [9.17, 15) is 14.4 Å². The van der Waals surface area contributed by atoms with Crippen molar-refractivity contribution >= 4 is 17.9 Å². The van der Waals surface area contributed by atoms with E-state index in [1.165, 1.54) is 6.92 Å². The van der Waals surface area contributed by atoms with E-state index in [0.29, 0.717) is 24.2 Å². The first-order chi connectivity index (χ1) is 14.2. The number of amides is 3. The highest BCUT2D eigenvalue weighted by Gasteiger charge is 2.35. The van der Waals surface area contributed by atoms with Crippen molar-refractivity contribution in [2.24, 2.45) is 23.7 Å². The summed E-state index contributed by atoms with van der Waals surface area (Å²) in [5.74, 6) is 0.884. The fraction of sp³-hybridized carbons (Fsp3) is 0.714. The maximum atomic E-state index is 13.0. The maximum absolute atomic E-state index is 13.0. The molecule has 2 rings (SSSR count). The highest BCUT2D eigenvalue weighted by atomic mass is 16.4. The average Bonchev–Trinajstić information content (AvgIpc) is 3.17. The number of carbonyl (C=O) groups excluding carboxylic acids is 2. The predicted octanol–water partition coefficient (Wildman–Crippen LogP) is 1.92. The van der Waals surface area contributed by atoms with Crippen molar-refractivity contribution in [1.82, 2.24) is 25.9 Å². The molecule has 5 atom stereocenters. The van der Waals surface area contributed by atoms with Crippen LogP contribution >= 0.6 is 0 Å². The fourth-order valence-electron chi connectivity index (χ4n) is 4.26. The van der Waals surface area contributed by atoms with Crippen molar-refractivity contribution in [2.45, 2.75) is 65.5 Å². The minimum Gasteiger partial charge on any atom is -0.465 e. The summed E-state index contributed by atoms with van der Waals surface area (Å²) in [7, 11) is 0. The number of carboxylic acid groups (broad SMARTS) is 1. The largest absolute Gasteiger partial charge is 0.465 e. The van der Waals surface area contributed by atoms with Gasteiger partial charge in [-0.15, -0.1) is 0 Å². The highest BCUT2D eigenvalue weighted by molar-refractivity contribution is 5.85. The summed E-state index contributed by atoms with van der Waals surface area (Å²) in [5, 5.41) is 16.8. The van der Waals surface area contributed by atoms with Gasteiger partial charge < -0.3 is 26.0 Å². The lowest BCUT2D eigenvalue weighted by atomic mass is 9.70. The van der Waals surface area contributed by atoms with Crippen LogP contribution in [0.2, 0.25) is 0 Å². The number of nitrogens with zero attached hydrogens (tertiary/aromatic N) is 1. The first-order valence-corrected chi connectivity index (χ1v) is 10.7. The minimum atomic E-state index is -1.26. The van der Waals surface area contributed by atoms with E-state index in [0.717, 1.165) is 25.0 Å². The molecule has 0 spiro atoms. The molecule has 0 bridgehead atoms. The van der Waals surface area contributed by atoms with Gasteiger partial charge in [-0.1, -0.05) is 27.2 Å². The van der Waals surface area contributed by atoms with Crippen molar-refractivity contribution in [3.8, 4) is 0 Å². The maximum Gasteiger partial charge on any atom is 0.405 e. The number of rotatable bonds is 9. The number of aromatic amines is 1. The van der Waals surface area contributed by atoms with Crippen LogP contribution in [0.5, 0.6) is 0 Å². The van der Waals surface area contributed by atoms with Crippen molar-refractivity contribution in [3.63, 3.8) is 0 Å². The van der Waals surface area contributed by atoms with Crippen LogP contribution in [0.4, 0.5) is 4.79 Å². The van der Waals surface area contributed by atoms with Gasteiger partial charge in [-0.3, -0.25) is 9.59 Å². The molecule has 1 aromatic rings. The van der Waals surface area contributed by atoms with Crippen molar-refractivity contribution in [1.29, 1.82) is 0 Å². The third kappa shape index (κ3) is 7.03. The van der Waals surface area contributed by atoms with Crippen LogP contribution in [-0.2, 0) is 16.0 Å². The molecule has 0 aliphatic heterocycles. The second-order valence-electron chi connectivity index (χ2n) is 8.82. The van der Waals surface area contributed by atoms with Crippen molar-refractivity contribution < 1.29 is 19.5 Å². The fourth-order valence-corrected chi connectivity index (χ4v) is 4.26. The van der Waals surface area contributed by atoms with Crippen LogP contribution in [0, 0.1) is 23.7 Å². The quantitative estimate of drug-likeness (QED) is 0.415. The molecule has 1 fully saturated rings. The molecule has 3 amide bonds. The van der Waals surface area contributed by atoms with Crippen LogP contribution < -0.4 is 16.0 Å². The monoisotopic (exact) mass is 421 g/mol. The lowest BCUT2D eigenvalue weighted by Crippen LogP contribution is -2.52. The molecule has 30 heavy (non-hydrogen) atoms. The zero-order valence-electron chi connectivity index (χ0n) is 18.3. The first-order valence-electron chi connectivity index (χ1n) is 10.7. The molecule has 1 aromatic heterocycles. The number of hydrogen-bond acceptors (Lipinski definition) is 4. The van der Waals surface area contributed by atoms with E-state index in [1.807, 2.05) is 0 Å². The number of nitrogens with one attached hydrogen (secondary N) is 4. The van der Waals surface area contributed by atoms with Gasteiger partial charge in [0.25, 0.3) is 0 Å². The summed E-state index contributed by atoms with van der Waals surface area (Å²) in [6.45, 7) is 8.25. The van der Waals surface area contributed by atoms with Gasteiger partial charge in [0.15, 0.2) is 0 Å². The van der Waals surface area contributed by atoms with Gasteiger partial charge in [0.05, 0.1) is 18.1 Å². The molecule has 1 aliphatic rings. The number of imidazole rings is 1. The number of hydrogen-bond donors (Lipinski definition) is 5. The van der Waals surface area contributed by atoms with E-state index in [4.69, 9.17) is 5.11 Å². The Balaban J connectivity index is 2.01. The Morgan fingerprint density at radius 1 is 1.23 bits per heavy atom. The van der Waals surface area contributed by atoms with Gasteiger partial charge in [-0.2, -0.15) is 0 Å². The molecular formula is C21H35N5O4. The van der Waals surface area contributed by atoms with Gasteiger partial charge in [-0.05, 0) is 37.5 Å². The van der Waals surface area contributed by atoms with E-state index >= 15 is 0 Å². The number of aromatic nitrogens is 2. The van der Waals surface area contributed by atoms with Crippen LogP contribution in [0.3, 0.4) is 0 Å². The lowest BCUT2D eigenvalue weighted by molar-refractivity contribution is -0.130. The zero-order chi connectivity index (χ0) is 22.3. The normalized spacial score (nSPS) is 23.4. The SMILES string of the molecule is CC(NC(=O)O)C(=O)NC(CNC(=O)[C@@H]1C[C@H](C)CC[C@H]1C(C)C)Cc1c[nH]cn1. The third-order valence-corrected chi connectivity index (χ3v) is 5.97. The van der Waals surface area contributed by atoms with Gasteiger partial charge in [0.2, 0.25) is 11.8 Å². The van der Waals surface area contributed by atoms with Gasteiger partial charge in [0, 0.05) is 25.1 Å². The average molecular weight is 422 g/mol. The van der Waals surface area contributed by atoms with Crippen molar-refractivity contribution in [3.05, 3.63) is 18.2 Å². The van der Waals surface area contributed by atoms with Crippen LogP contribution in [0.15, 0.2) is 12.5 Å². The Morgan fingerprint density at radius 3 is 2.57 bits per heavy atom. The first kappa shape index (κ1) is 23.7. The minimum absolute atomic E-state index is 0.0249. The van der Waals surface area contributed by atoms with Gasteiger partial charge in [-0.25, -0.2) is 9.78 Å². The van der Waals surface area contributed by atoms with E-state index in [-0.39, 0.29) is 18.4 Å². The van der Waals surface area contributed by atoms with E-state index < -0.39 is 24.1 Å². The number of carbonyl (C=O) groups is 3. The summed E-state index contributed by atoms with van der Waals surface area (Å²) in [6, 6.07) is -1.30. The summed E-state index contributed by atoms with van der Waals surface area (Å²) in [4.78, 5) is 43.2. The Morgan fingerprint density at radius 2 is 1.97 bits per heavy atom. The van der Waals surface area contributed by atoms with Crippen molar-refractivity contribution in [2.75, 3.05) is 6.54 Å². The Hall–Kier alpha value is -2.58. The molecule has 0 aromatic carbocycles. The second-order valence-corrected chi connectivity index (χ2v) is 8.82. The Bertz CT molecular complexity index is 706. The molecular weight excluding hydrogens is 386 g/mol. The molecule has 1 saturated carbocycles. The van der Waals surface area contributed by atoms with Gasteiger partial charge in [0.1, 0.15) is 6.04 Å². The van der Waals surface area contributed by atoms with Crippen LogP contribution in [-0.4, -0.2) is 51.6 Å². The zero-order valence-corrected chi connectivity index (χ0v) is 18.3. The molecule has 9 heteroatoms. The Kier molecular flexibility index (Phi) is 8.68.